The first-order valence-corrected chi connectivity index (χ1v) is 5.24. The number of carbonyl (C=O) groups is 1. The molecule has 1 rings (SSSR count). The quantitative estimate of drug-likeness (QED) is 0.794. The summed E-state index contributed by atoms with van der Waals surface area (Å²) in [6, 6.07) is 0. The van der Waals surface area contributed by atoms with Crippen molar-refractivity contribution in [2.45, 2.75) is 33.2 Å². The zero-order valence-electron chi connectivity index (χ0n) is 9.53. The van der Waals surface area contributed by atoms with E-state index in [2.05, 4.69) is 22.1 Å². The Hall–Kier alpha value is -1.39. The topological polar surface area (TPSA) is 61.9 Å². The highest BCUT2D eigenvalue weighted by atomic mass is 16.2. The molecule has 1 aromatic heterocycles. The predicted octanol–water partition coefficient (Wildman–Crippen LogP) is 1.20. The summed E-state index contributed by atoms with van der Waals surface area (Å²) in [5, 5.41) is 6.48. The number of nitrogens with one attached hydrogen (secondary N) is 1. The minimum Gasteiger partial charge on any atom is -0.338 e. The van der Waals surface area contributed by atoms with Crippen LogP contribution in [-0.4, -0.2) is 33.0 Å². The van der Waals surface area contributed by atoms with Crippen LogP contribution in [0.15, 0.2) is 6.33 Å². The van der Waals surface area contributed by atoms with Crippen LogP contribution in [0.3, 0.4) is 0 Å². The molecule has 0 saturated carbocycles. The fraction of sp³-hybridized carbons (Fsp3) is 0.700. The fourth-order valence-corrected chi connectivity index (χ4v) is 1.54. The molecule has 5 nitrogen and oxygen atoms in total. The van der Waals surface area contributed by atoms with Crippen molar-refractivity contribution in [2.24, 2.45) is 5.92 Å². The molecule has 1 atom stereocenters. The number of hydrogen-bond acceptors (Lipinski definition) is 3. The highest BCUT2D eigenvalue weighted by Gasteiger charge is 2.17. The molecule has 0 aliphatic heterocycles. The van der Waals surface area contributed by atoms with Crippen LogP contribution in [0.25, 0.3) is 0 Å². The smallest absolute Gasteiger partial charge is 0.225 e. The van der Waals surface area contributed by atoms with Gasteiger partial charge in [-0.2, -0.15) is 5.10 Å². The molecule has 84 valence electrons. The second kappa shape index (κ2) is 5.48. The standard InChI is InChI=1S/C10H18N4O/c1-4-5-8(2)10(15)14(3)6-9-11-7-12-13-9/h7-8H,4-6H2,1-3H3,(H,11,12,13). The molecule has 1 unspecified atom stereocenters. The number of aromatic amines is 1. The van der Waals surface area contributed by atoms with Gasteiger partial charge in [0.1, 0.15) is 12.2 Å². The Bertz CT molecular complexity index is 296. The number of amides is 1. The first-order chi connectivity index (χ1) is 7.15. The Balaban J connectivity index is 2.46. The normalized spacial score (nSPS) is 12.5. The summed E-state index contributed by atoms with van der Waals surface area (Å²) in [5.74, 6) is 0.964. The Morgan fingerprint density at radius 3 is 2.93 bits per heavy atom. The Morgan fingerprint density at radius 2 is 2.40 bits per heavy atom. The molecule has 0 aliphatic carbocycles. The van der Waals surface area contributed by atoms with Gasteiger partial charge >= 0.3 is 0 Å². The molecule has 0 spiro atoms. The van der Waals surface area contributed by atoms with E-state index in [9.17, 15) is 4.79 Å². The highest BCUT2D eigenvalue weighted by Crippen LogP contribution is 2.09. The second-order valence-corrected chi connectivity index (χ2v) is 3.82. The summed E-state index contributed by atoms with van der Waals surface area (Å²) in [4.78, 5) is 17.5. The molecule has 1 N–H and O–H groups in total. The molecule has 0 aromatic carbocycles. The lowest BCUT2D eigenvalue weighted by Crippen LogP contribution is -2.31. The van der Waals surface area contributed by atoms with E-state index in [-0.39, 0.29) is 11.8 Å². The molecule has 0 saturated heterocycles. The summed E-state index contributed by atoms with van der Waals surface area (Å²) >= 11 is 0. The highest BCUT2D eigenvalue weighted by molar-refractivity contribution is 5.78. The maximum atomic E-state index is 11.8. The molecule has 1 aromatic rings. The molecular formula is C10H18N4O. The number of aromatic nitrogens is 3. The summed E-state index contributed by atoms with van der Waals surface area (Å²) < 4.78 is 0. The van der Waals surface area contributed by atoms with Gasteiger partial charge in [-0.3, -0.25) is 9.89 Å². The van der Waals surface area contributed by atoms with Gasteiger partial charge in [0.25, 0.3) is 0 Å². The summed E-state index contributed by atoms with van der Waals surface area (Å²) in [7, 11) is 1.79. The predicted molar refractivity (Wildman–Crippen MR) is 56.9 cm³/mol. The fourth-order valence-electron chi connectivity index (χ4n) is 1.54. The van der Waals surface area contributed by atoms with Crippen LogP contribution in [0.1, 0.15) is 32.5 Å². The lowest BCUT2D eigenvalue weighted by Gasteiger charge is -2.19. The van der Waals surface area contributed by atoms with Gasteiger partial charge in [0.2, 0.25) is 5.91 Å². The number of carbonyl (C=O) groups excluding carboxylic acids is 1. The minimum absolute atomic E-state index is 0.0860. The first kappa shape index (κ1) is 11.7. The van der Waals surface area contributed by atoms with E-state index in [1.54, 1.807) is 11.9 Å². The van der Waals surface area contributed by atoms with Gasteiger partial charge in [-0.1, -0.05) is 20.3 Å². The zero-order valence-corrected chi connectivity index (χ0v) is 9.53. The average Bonchev–Trinajstić information content (AvgIpc) is 2.69. The van der Waals surface area contributed by atoms with E-state index in [1.807, 2.05) is 6.92 Å². The maximum absolute atomic E-state index is 11.8. The van der Waals surface area contributed by atoms with Gasteiger partial charge in [-0.15, -0.1) is 0 Å². The molecule has 0 aliphatic rings. The molecule has 0 radical (unpaired) electrons. The van der Waals surface area contributed by atoms with E-state index < -0.39 is 0 Å². The number of hydrogen-bond donors (Lipinski definition) is 1. The van der Waals surface area contributed by atoms with Crippen molar-refractivity contribution in [2.75, 3.05) is 7.05 Å². The minimum atomic E-state index is 0.0860. The van der Waals surface area contributed by atoms with Crippen LogP contribution < -0.4 is 0 Å². The van der Waals surface area contributed by atoms with Crippen molar-refractivity contribution in [1.82, 2.24) is 20.1 Å². The van der Waals surface area contributed by atoms with Gasteiger partial charge in [0, 0.05) is 13.0 Å². The van der Waals surface area contributed by atoms with E-state index in [0.29, 0.717) is 6.54 Å². The molecule has 5 heteroatoms. The van der Waals surface area contributed by atoms with Gasteiger partial charge in [0.05, 0.1) is 6.54 Å². The molecule has 0 bridgehead atoms. The van der Waals surface area contributed by atoms with Crippen molar-refractivity contribution in [3.63, 3.8) is 0 Å². The third-order valence-electron chi connectivity index (χ3n) is 2.37. The Labute approximate surface area is 89.9 Å². The Kier molecular flexibility index (Phi) is 4.27. The number of H-pyrrole nitrogens is 1. The second-order valence-electron chi connectivity index (χ2n) is 3.82. The largest absolute Gasteiger partial charge is 0.338 e. The van der Waals surface area contributed by atoms with Crippen molar-refractivity contribution >= 4 is 5.91 Å². The molecule has 15 heavy (non-hydrogen) atoms. The SMILES string of the molecule is CCCC(C)C(=O)N(C)Cc1ncn[nH]1. The van der Waals surface area contributed by atoms with E-state index >= 15 is 0 Å². The van der Waals surface area contributed by atoms with Crippen molar-refractivity contribution in [3.05, 3.63) is 12.2 Å². The van der Waals surface area contributed by atoms with Crippen molar-refractivity contribution < 1.29 is 4.79 Å². The maximum Gasteiger partial charge on any atom is 0.225 e. The first-order valence-electron chi connectivity index (χ1n) is 5.24. The van der Waals surface area contributed by atoms with Gasteiger partial charge in [-0.25, -0.2) is 4.98 Å². The molecule has 1 amide bonds. The average molecular weight is 210 g/mol. The van der Waals surface area contributed by atoms with Gasteiger partial charge < -0.3 is 4.90 Å². The monoisotopic (exact) mass is 210 g/mol. The van der Waals surface area contributed by atoms with E-state index in [0.717, 1.165) is 18.7 Å². The lowest BCUT2D eigenvalue weighted by molar-refractivity contribution is -0.134. The summed E-state index contributed by atoms with van der Waals surface area (Å²) in [6.07, 6.45) is 3.41. The van der Waals surface area contributed by atoms with Crippen LogP contribution in [0.5, 0.6) is 0 Å². The van der Waals surface area contributed by atoms with Crippen LogP contribution >= 0.6 is 0 Å². The van der Waals surface area contributed by atoms with Gasteiger partial charge in [0.15, 0.2) is 0 Å². The molecular weight excluding hydrogens is 192 g/mol. The van der Waals surface area contributed by atoms with Crippen LogP contribution in [0.2, 0.25) is 0 Å². The third-order valence-corrected chi connectivity index (χ3v) is 2.37. The number of rotatable bonds is 5. The van der Waals surface area contributed by atoms with Crippen LogP contribution in [-0.2, 0) is 11.3 Å². The van der Waals surface area contributed by atoms with Gasteiger partial charge in [-0.05, 0) is 6.42 Å². The summed E-state index contributed by atoms with van der Waals surface area (Å²) in [5.41, 5.74) is 0. The lowest BCUT2D eigenvalue weighted by atomic mass is 10.1. The van der Waals surface area contributed by atoms with Crippen molar-refractivity contribution in [3.8, 4) is 0 Å². The van der Waals surface area contributed by atoms with Crippen LogP contribution in [0, 0.1) is 5.92 Å². The van der Waals surface area contributed by atoms with Crippen LogP contribution in [0.4, 0.5) is 0 Å². The van der Waals surface area contributed by atoms with E-state index in [4.69, 9.17) is 0 Å². The third kappa shape index (κ3) is 3.34. The number of nitrogens with zero attached hydrogens (tertiary/aromatic N) is 3. The van der Waals surface area contributed by atoms with Crippen molar-refractivity contribution in [1.29, 1.82) is 0 Å². The zero-order chi connectivity index (χ0) is 11.3. The summed E-state index contributed by atoms with van der Waals surface area (Å²) in [6.45, 7) is 4.54. The molecule has 1 heterocycles. The molecule has 0 fully saturated rings. The Morgan fingerprint density at radius 1 is 1.67 bits per heavy atom. The van der Waals surface area contributed by atoms with E-state index in [1.165, 1.54) is 6.33 Å².